The number of anilines is 2. The molecule has 126 valence electrons. The molecule has 0 saturated carbocycles. The van der Waals surface area contributed by atoms with E-state index in [0.29, 0.717) is 12.6 Å². The molecule has 0 aliphatic carbocycles. The first-order valence-corrected chi connectivity index (χ1v) is 8.69. The van der Waals surface area contributed by atoms with Gasteiger partial charge in [-0.1, -0.05) is 0 Å². The van der Waals surface area contributed by atoms with Gasteiger partial charge in [-0.3, -0.25) is 9.69 Å². The van der Waals surface area contributed by atoms with Crippen molar-refractivity contribution in [2.24, 2.45) is 5.73 Å². The topological polar surface area (TPSA) is 74.5 Å². The van der Waals surface area contributed by atoms with Crippen LogP contribution in [0.1, 0.15) is 32.1 Å². The standard InChI is InChI=1S/C17H27N5O/c18-14-6-10-21(11-7-14)13-17(23)20-15-4-5-16(19-12-15)22-8-2-1-3-9-22/h4-5,12,14H,1-3,6-11,13,18H2,(H,20,23). The molecule has 0 aromatic carbocycles. The Labute approximate surface area is 138 Å². The summed E-state index contributed by atoms with van der Waals surface area (Å²) in [5.74, 6) is 1.03. The third-order valence-electron chi connectivity index (χ3n) is 4.71. The molecular weight excluding hydrogens is 290 g/mol. The van der Waals surface area contributed by atoms with Gasteiger partial charge >= 0.3 is 0 Å². The van der Waals surface area contributed by atoms with Gasteiger partial charge in [-0.2, -0.15) is 0 Å². The minimum atomic E-state index is 0.0213. The number of hydrogen-bond donors (Lipinski definition) is 2. The van der Waals surface area contributed by atoms with Crippen LogP contribution in [0.15, 0.2) is 18.3 Å². The van der Waals surface area contributed by atoms with Crippen molar-refractivity contribution in [1.82, 2.24) is 9.88 Å². The van der Waals surface area contributed by atoms with Crippen molar-refractivity contribution in [3.05, 3.63) is 18.3 Å². The van der Waals surface area contributed by atoms with Crippen LogP contribution >= 0.6 is 0 Å². The van der Waals surface area contributed by atoms with Crippen LogP contribution in [0.25, 0.3) is 0 Å². The van der Waals surface area contributed by atoms with Gasteiger partial charge in [0.05, 0.1) is 18.4 Å². The fourth-order valence-corrected chi connectivity index (χ4v) is 3.28. The number of carbonyl (C=O) groups excluding carboxylic acids is 1. The number of piperidine rings is 2. The maximum absolute atomic E-state index is 12.1. The zero-order valence-electron chi connectivity index (χ0n) is 13.7. The van der Waals surface area contributed by atoms with E-state index in [1.54, 1.807) is 6.20 Å². The number of likely N-dealkylation sites (tertiary alicyclic amines) is 1. The third-order valence-corrected chi connectivity index (χ3v) is 4.71. The largest absolute Gasteiger partial charge is 0.357 e. The molecule has 6 nitrogen and oxygen atoms in total. The van der Waals surface area contributed by atoms with Crippen LogP contribution in [-0.4, -0.2) is 54.6 Å². The second-order valence-corrected chi connectivity index (χ2v) is 6.61. The Kier molecular flexibility index (Phi) is 5.46. The van der Waals surface area contributed by atoms with Crippen molar-refractivity contribution in [3.63, 3.8) is 0 Å². The van der Waals surface area contributed by atoms with Gasteiger partial charge in [0.15, 0.2) is 0 Å². The average Bonchev–Trinajstić information content (AvgIpc) is 2.58. The SMILES string of the molecule is NC1CCN(CC(=O)Nc2ccc(N3CCCCC3)nc2)CC1. The first-order valence-electron chi connectivity index (χ1n) is 8.69. The Morgan fingerprint density at radius 1 is 1.17 bits per heavy atom. The molecule has 3 N–H and O–H groups in total. The van der Waals surface area contributed by atoms with E-state index in [9.17, 15) is 4.79 Å². The number of amides is 1. The molecular formula is C17H27N5O. The summed E-state index contributed by atoms with van der Waals surface area (Å²) in [6.07, 6.45) is 7.48. The van der Waals surface area contributed by atoms with Crippen LogP contribution in [0.2, 0.25) is 0 Å². The van der Waals surface area contributed by atoms with Crippen LogP contribution in [0, 0.1) is 0 Å². The van der Waals surface area contributed by atoms with Crippen LogP contribution in [-0.2, 0) is 4.79 Å². The van der Waals surface area contributed by atoms with E-state index in [2.05, 4.69) is 20.1 Å². The van der Waals surface area contributed by atoms with E-state index < -0.39 is 0 Å². The number of aromatic nitrogens is 1. The van der Waals surface area contributed by atoms with E-state index >= 15 is 0 Å². The van der Waals surface area contributed by atoms with E-state index in [4.69, 9.17) is 5.73 Å². The molecule has 2 fully saturated rings. The quantitative estimate of drug-likeness (QED) is 0.879. The number of rotatable bonds is 4. The monoisotopic (exact) mass is 317 g/mol. The van der Waals surface area contributed by atoms with Gasteiger partial charge in [-0.25, -0.2) is 4.98 Å². The molecule has 6 heteroatoms. The lowest BCUT2D eigenvalue weighted by atomic mass is 10.1. The number of hydrogen-bond acceptors (Lipinski definition) is 5. The zero-order chi connectivity index (χ0) is 16.1. The first-order chi connectivity index (χ1) is 11.2. The highest BCUT2D eigenvalue weighted by Crippen LogP contribution is 2.19. The molecule has 0 spiro atoms. The van der Waals surface area contributed by atoms with Crippen molar-refractivity contribution in [3.8, 4) is 0 Å². The van der Waals surface area contributed by atoms with Crippen LogP contribution < -0.4 is 16.0 Å². The van der Waals surface area contributed by atoms with Crippen molar-refractivity contribution >= 4 is 17.4 Å². The minimum Gasteiger partial charge on any atom is -0.357 e. The Morgan fingerprint density at radius 2 is 1.91 bits per heavy atom. The fraction of sp³-hybridized carbons (Fsp3) is 0.647. The van der Waals surface area contributed by atoms with Crippen molar-refractivity contribution in [1.29, 1.82) is 0 Å². The predicted molar refractivity (Wildman–Crippen MR) is 92.6 cm³/mol. The summed E-state index contributed by atoms with van der Waals surface area (Å²) in [4.78, 5) is 21.1. The summed E-state index contributed by atoms with van der Waals surface area (Å²) in [6, 6.07) is 4.24. The van der Waals surface area contributed by atoms with Crippen molar-refractivity contribution in [2.75, 3.05) is 42.9 Å². The molecule has 23 heavy (non-hydrogen) atoms. The van der Waals surface area contributed by atoms with Crippen molar-refractivity contribution < 1.29 is 4.79 Å². The highest BCUT2D eigenvalue weighted by Gasteiger charge is 2.18. The molecule has 0 atom stereocenters. The molecule has 2 aliphatic rings. The molecule has 3 rings (SSSR count). The number of pyridine rings is 1. The Balaban J connectivity index is 1.48. The van der Waals surface area contributed by atoms with E-state index in [1.807, 2.05) is 12.1 Å². The van der Waals surface area contributed by atoms with Gasteiger partial charge in [-0.05, 0) is 44.2 Å². The number of nitrogens with one attached hydrogen (secondary N) is 1. The van der Waals surface area contributed by atoms with E-state index in [-0.39, 0.29) is 5.91 Å². The van der Waals surface area contributed by atoms with Gasteiger partial charge in [0, 0.05) is 32.2 Å². The lowest BCUT2D eigenvalue weighted by molar-refractivity contribution is -0.117. The second kappa shape index (κ2) is 7.75. The molecule has 3 heterocycles. The summed E-state index contributed by atoms with van der Waals surface area (Å²) < 4.78 is 0. The maximum atomic E-state index is 12.1. The van der Waals surface area contributed by atoms with Gasteiger partial charge in [0.1, 0.15) is 5.82 Å². The van der Waals surface area contributed by atoms with Crippen molar-refractivity contribution in [2.45, 2.75) is 38.1 Å². The van der Waals surface area contributed by atoms with Gasteiger partial charge < -0.3 is 16.0 Å². The van der Waals surface area contributed by atoms with E-state index in [1.165, 1.54) is 19.3 Å². The van der Waals surface area contributed by atoms with Crippen LogP contribution in [0.3, 0.4) is 0 Å². The fourth-order valence-electron chi connectivity index (χ4n) is 3.28. The Morgan fingerprint density at radius 3 is 2.57 bits per heavy atom. The minimum absolute atomic E-state index is 0.0213. The summed E-state index contributed by atoms with van der Waals surface area (Å²) in [5, 5.41) is 2.94. The molecule has 2 aliphatic heterocycles. The molecule has 0 radical (unpaired) electrons. The lowest BCUT2D eigenvalue weighted by Crippen LogP contribution is -2.43. The number of nitrogens with two attached hydrogens (primary N) is 1. The normalized spacial score (nSPS) is 20.5. The summed E-state index contributed by atoms with van der Waals surface area (Å²) >= 11 is 0. The Hall–Kier alpha value is -1.66. The lowest BCUT2D eigenvalue weighted by Gasteiger charge is -2.29. The molecule has 1 aromatic rings. The second-order valence-electron chi connectivity index (χ2n) is 6.61. The number of nitrogens with zero attached hydrogens (tertiary/aromatic N) is 3. The van der Waals surface area contributed by atoms with Gasteiger partial charge in [-0.15, -0.1) is 0 Å². The molecule has 0 unspecified atom stereocenters. The highest BCUT2D eigenvalue weighted by atomic mass is 16.2. The highest BCUT2D eigenvalue weighted by molar-refractivity contribution is 5.92. The molecule has 0 bridgehead atoms. The predicted octanol–water partition coefficient (Wildman–Crippen LogP) is 1.43. The molecule has 1 aromatic heterocycles. The van der Waals surface area contributed by atoms with Crippen LogP contribution in [0.5, 0.6) is 0 Å². The van der Waals surface area contributed by atoms with Gasteiger partial charge in [0.25, 0.3) is 0 Å². The van der Waals surface area contributed by atoms with Crippen LogP contribution in [0.4, 0.5) is 11.5 Å². The maximum Gasteiger partial charge on any atom is 0.238 e. The molecule has 1 amide bonds. The zero-order valence-corrected chi connectivity index (χ0v) is 13.7. The first kappa shape index (κ1) is 16.2. The van der Waals surface area contributed by atoms with E-state index in [0.717, 1.165) is 50.5 Å². The summed E-state index contributed by atoms with van der Waals surface area (Å²) in [6.45, 7) is 4.40. The summed E-state index contributed by atoms with van der Waals surface area (Å²) in [5.41, 5.74) is 6.66. The van der Waals surface area contributed by atoms with Gasteiger partial charge in [0.2, 0.25) is 5.91 Å². The average molecular weight is 317 g/mol. The molecule has 2 saturated heterocycles. The Bertz CT molecular complexity index is 504. The summed E-state index contributed by atoms with van der Waals surface area (Å²) in [7, 11) is 0. The smallest absolute Gasteiger partial charge is 0.238 e. The third kappa shape index (κ3) is 4.65. The number of carbonyl (C=O) groups is 1.